The van der Waals surface area contributed by atoms with E-state index < -0.39 is 31.3 Å². The number of carbonyl (C=O) groups is 1. The molecule has 0 aliphatic rings. The van der Waals surface area contributed by atoms with Gasteiger partial charge in [-0.15, -0.1) is 0 Å². The first-order valence-electron chi connectivity index (χ1n) is 5.12. The maximum Gasteiger partial charge on any atom is 0.338 e. The van der Waals surface area contributed by atoms with E-state index in [-0.39, 0.29) is 17.2 Å². The Kier molecular flexibility index (Phi) is 4.85. The van der Waals surface area contributed by atoms with E-state index in [0.717, 1.165) is 24.5 Å². The first-order valence-corrected chi connectivity index (χ1v) is 7.38. The molecular formula is C11H10ClNO6S. The lowest BCUT2D eigenvalue weighted by Crippen LogP contribution is -2.09. The number of sulfone groups is 1. The van der Waals surface area contributed by atoms with E-state index in [9.17, 15) is 23.3 Å². The number of benzene rings is 1. The summed E-state index contributed by atoms with van der Waals surface area (Å²) >= 11 is 5.42. The van der Waals surface area contributed by atoms with Crippen LogP contribution in [-0.4, -0.2) is 32.2 Å². The molecule has 20 heavy (non-hydrogen) atoms. The topological polar surface area (TPSA) is 104 Å². The van der Waals surface area contributed by atoms with Crippen molar-refractivity contribution in [2.45, 2.75) is 4.90 Å². The number of esters is 1. The van der Waals surface area contributed by atoms with Crippen LogP contribution in [0.5, 0.6) is 0 Å². The van der Waals surface area contributed by atoms with Crippen LogP contribution in [0.15, 0.2) is 34.7 Å². The predicted molar refractivity (Wildman–Crippen MR) is 71.5 cm³/mol. The van der Waals surface area contributed by atoms with Crippen LogP contribution in [0.1, 0.15) is 10.4 Å². The summed E-state index contributed by atoms with van der Waals surface area (Å²) in [7, 11) is -3.78. The van der Waals surface area contributed by atoms with E-state index in [1.807, 2.05) is 0 Å². The number of hydrogen-bond acceptors (Lipinski definition) is 6. The van der Waals surface area contributed by atoms with E-state index >= 15 is 0 Å². The summed E-state index contributed by atoms with van der Waals surface area (Å²) in [5, 5.41) is 10.9. The van der Waals surface area contributed by atoms with Gasteiger partial charge in [-0.05, 0) is 12.1 Å². The highest BCUT2D eigenvalue weighted by atomic mass is 35.5. The Labute approximate surface area is 119 Å². The van der Waals surface area contributed by atoms with Crippen molar-refractivity contribution < 1.29 is 22.9 Å². The Balaban J connectivity index is 3.21. The quantitative estimate of drug-likeness (QED) is 0.466. The highest BCUT2D eigenvalue weighted by Gasteiger charge is 2.24. The lowest BCUT2D eigenvalue weighted by molar-refractivity contribution is -0.387. The van der Waals surface area contributed by atoms with Crippen molar-refractivity contribution in [1.29, 1.82) is 0 Å². The molecule has 0 saturated carbocycles. The van der Waals surface area contributed by atoms with Gasteiger partial charge in [0, 0.05) is 17.4 Å². The molecule has 0 bridgehead atoms. The van der Waals surface area contributed by atoms with Crippen molar-refractivity contribution in [3.8, 4) is 0 Å². The molecule has 0 heterocycles. The van der Waals surface area contributed by atoms with Crippen LogP contribution in [0.3, 0.4) is 0 Å². The van der Waals surface area contributed by atoms with E-state index in [1.54, 1.807) is 0 Å². The van der Waals surface area contributed by atoms with E-state index in [4.69, 9.17) is 16.3 Å². The molecule has 0 aliphatic heterocycles. The van der Waals surface area contributed by atoms with Crippen LogP contribution >= 0.6 is 11.6 Å². The largest absolute Gasteiger partial charge is 0.456 e. The molecule has 0 unspecified atom stereocenters. The fourth-order valence-corrected chi connectivity index (χ4v) is 2.21. The number of nitro benzene ring substituents is 1. The number of nitro groups is 1. The zero-order valence-electron chi connectivity index (χ0n) is 10.3. The molecule has 0 atom stereocenters. The summed E-state index contributed by atoms with van der Waals surface area (Å²) in [5.74, 6) is -0.866. The smallest absolute Gasteiger partial charge is 0.338 e. The van der Waals surface area contributed by atoms with Crippen molar-refractivity contribution in [3.05, 3.63) is 45.5 Å². The van der Waals surface area contributed by atoms with Gasteiger partial charge >= 0.3 is 5.97 Å². The summed E-state index contributed by atoms with van der Waals surface area (Å²) in [4.78, 5) is 21.1. The van der Waals surface area contributed by atoms with Gasteiger partial charge in [0.2, 0.25) is 0 Å². The van der Waals surface area contributed by atoms with Gasteiger partial charge in [0.05, 0.1) is 10.5 Å². The first-order chi connectivity index (χ1) is 9.12. The highest BCUT2D eigenvalue weighted by Crippen LogP contribution is 2.25. The van der Waals surface area contributed by atoms with Gasteiger partial charge in [0.1, 0.15) is 11.5 Å². The number of ether oxygens (including phenoxy) is 1. The van der Waals surface area contributed by atoms with Gasteiger partial charge in [-0.25, -0.2) is 13.2 Å². The number of halogens is 1. The van der Waals surface area contributed by atoms with Crippen molar-refractivity contribution in [3.63, 3.8) is 0 Å². The minimum atomic E-state index is -3.78. The third-order valence-corrected chi connectivity index (χ3v) is 3.40. The zero-order chi connectivity index (χ0) is 15.5. The summed E-state index contributed by atoms with van der Waals surface area (Å²) in [6.45, 7) is 3.07. The van der Waals surface area contributed by atoms with Crippen LogP contribution < -0.4 is 0 Å². The molecule has 7 nitrogen and oxygen atoms in total. The van der Waals surface area contributed by atoms with Crippen LogP contribution in [0.2, 0.25) is 0 Å². The molecule has 9 heteroatoms. The number of carbonyl (C=O) groups excluding carboxylic acids is 1. The molecule has 1 rings (SSSR count). The van der Waals surface area contributed by atoms with Crippen molar-refractivity contribution in [2.24, 2.45) is 0 Å². The minimum absolute atomic E-state index is 0.0839. The van der Waals surface area contributed by atoms with Crippen LogP contribution in [-0.2, 0) is 14.6 Å². The van der Waals surface area contributed by atoms with Crippen molar-refractivity contribution in [2.75, 3.05) is 12.9 Å². The molecule has 0 amide bonds. The molecule has 0 spiro atoms. The van der Waals surface area contributed by atoms with Gasteiger partial charge < -0.3 is 4.74 Å². The Bertz CT molecular complexity index is 682. The summed E-state index contributed by atoms with van der Waals surface area (Å²) in [6.07, 6.45) is 0.838. The van der Waals surface area contributed by atoms with Gasteiger partial charge in [-0.2, -0.15) is 0 Å². The fraction of sp³-hybridized carbons (Fsp3) is 0.182. The standard InChI is InChI=1S/C11H10ClNO6S/c1-7(12)6-19-11(14)8-3-4-10(20(2,17)18)9(5-8)13(15)16/h3-5H,1,6H2,2H3. The van der Waals surface area contributed by atoms with E-state index in [2.05, 4.69) is 6.58 Å². The van der Waals surface area contributed by atoms with Gasteiger partial charge in [-0.3, -0.25) is 10.1 Å². The average molecular weight is 320 g/mol. The second kappa shape index (κ2) is 6.02. The second-order valence-corrected chi connectivity index (χ2v) is 6.32. The zero-order valence-corrected chi connectivity index (χ0v) is 11.9. The Morgan fingerprint density at radius 2 is 2.10 bits per heavy atom. The summed E-state index contributed by atoms with van der Waals surface area (Å²) < 4.78 is 27.5. The summed E-state index contributed by atoms with van der Waals surface area (Å²) in [6, 6.07) is 2.96. The summed E-state index contributed by atoms with van der Waals surface area (Å²) in [5.41, 5.74) is -0.839. The van der Waals surface area contributed by atoms with Crippen LogP contribution in [0, 0.1) is 10.1 Å². The maximum atomic E-state index is 11.6. The lowest BCUT2D eigenvalue weighted by atomic mass is 10.2. The van der Waals surface area contributed by atoms with E-state index in [0.29, 0.717) is 0 Å². The van der Waals surface area contributed by atoms with Gasteiger partial charge in [0.25, 0.3) is 5.69 Å². The molecule has 1 aromatic carbocycles. The SMILES string of the molecule is C=C(Cl)COC(=O)c1ccc(S(C)(=O)=O)c([N+](=O)[O-])c1. The molecule has 0 saturated heterocycles. The molecule has 0 N–H and O–H groups in total. The van der Waals surface area contributed by atoms with Crippen molar-refractivity contribution >= 4 is 33.1 Å². The molecule has 0 aliphatic carbocycles. The molecule has 0 radical (unpaired) electrons. The van der Waals surface area contributed by atoms with Gasteiger partial charge in [0.15, 0.2) is 9.84 Å². The molecule has 108 valence electrons. The molecule has 1 aromatic rings. The van der Waals surface area contributed by atoms with E-state index in [1.165, 1.54) is 0 Å². The van der Waals surface area contributed by atoms with Crippen LogP contribution in [0.25, 0.3) is 0 Å². The first kappa shape index (κ1) is 16.1. The molecule has 0 fully saturated rings. The van der Waals surface area contributed by atoms with Crippen molar-refractivity contribution in [1.82, 2.24) is 0 Å². The molecule has 0 aromatic heterocycles. The maximum absolute atomic E-state index is 11.6. The van der Waals surface area contributed by atoms with Gasteiger partial charge in [-0.1, -0.05) is 18.2 Å². The number of nitrogens with zero attached hydrogens (tertiary/aromatic N) is 1. The monoisotopic (exact) mass is 319 g/mol. The fourth-order valence-electron chi connectivity index (χ4n) is 1.33. The highest BCUT2D eigenvalue weighted by molar-refractivity contribution is 7.90. The normalized spacial score (nSPS) is 10.9. The van der Waals surface area contributed by atoms with Crippen LogP contribution in [0.4, 0.5) is 5.69 Å². The third-order valence-electron chi connectivity index (χ3n) is 2.15. The second-order valence-electron chi connectivity index (χ2n) is 3.81. The number of rotatable bonds is 5. The minimum Gasteiger partial charge on any atom is -0.456 e. The number of hydrogen-bond donors (Lipinski definition) is 0. The Morgan fingerprint density at radius 3 is 2.55 bits per heavy atom. The molecular weight excluding hydrogens is 310 g/mol. The third kappa shape index (κ3) is 4.04. The lowest BCUT2D eigenvalue weighted by Gasteiger charge is -2.05. The predicted octanol–water partition coefficient (Wildman–Crippen LogP) is 1.91. The Hall–Kier alpha value is -1.93. The Morgan fingerprint density at radius 1 is 1.50 bits per heavy atom. The average Bonchev–Trinajstić information content (AvgIpc) is 2.33.